The average molecular weight is 246 g/mol. The fourth-order valence-electron chi connectivity index (χ4n) is 0.157. The van der Waals surface area contributed by atoms with Crippen LogP contribution in [0, 0.1) is 0 Å². The fraction of sp³-hybridized carbons (Fsp3) is 0.667. The van der Waals surface area contributed by atoms with Crippen molar-refractivity contribution in [1.82, 2.24) is 0 Å². The summed E-state index contributed by atoms with van der Waals surface area (Å²) in [5, 5.41) is 0. The van der Waals surface area contributed by atoms with E-state index in [-0.39, 0.29) is 0 Å². The van der Waals surface area contributed by atoms with E-state index in [1.807, 2.05) is 0 Å². The van der Waals surface area contributed by atoms with Gasteiger partial charge in [0.2, 0.25) is 0 Å². The molecule has 1 aliphatic heterocycles. The van der Waals surface area contributed by atoms with Crippen molar-refractivity contribution in [3.8, 4) is 0 Å². The van der Waals surface area contributed by atoms with Crippen LogP contribution in [-0.4, -0.2) is 42.7 Å². The van der Waals surface area contributed by atoms with Crippen LogP contribution in [0.3, 0.4) is 0 Å². The van der Waals surface area contributed by atoms with Crippen molar-refractivity contribution >= 4 is 22.0 Å². The maximum absolute atomic E-state index is 8.52. The van der Waals surface area contributed by atoms with Crippen LogP contribution in [-0.2, 0) is 15.1 Å². The summed E-state index contributed by atoms with van der Waals surface area (Å²) < 4.78 is 38.8. The van der Waals surface area contributed by atoms with Gasteiger partial charge in [0, 0.05) is 16.9 Å². The second kappa shape index (κ2) is 9.38. The highest BCUT2D eigenvalue weighted by Crippen LogP contribution is 2.08. The number of hydrogen-bond acceptors (Lipinski definition) is 6. The first-order valence-corrected chi connectivity index (χ1v) is 5.37. The minimum atomic E-state index is -5.17. The van der Waals surface area contributed by atoms with E-state index >= 15 is 0 Å². The number of halogens is 1. The van der Waals surface area contributed by atoms with Crippen LogP contribution in [0.25, 0.3) is 0 Å². The topological polar surface area (TPSA) is 119 Å². The fourth-order valence-corrected chi connectivity index (χ4v) is 0.335. The van der Waals surface area contributed by atoms with Crippen molar-refractivity contribution < 1.29 is 22.3 Å². The molecule has 0 saturated carbocycles. The van der Waals surface area contributed by atoms with Gasteiger partial charge in [-0.05, 0) is 0 Å². The van der Waals surface area contributed by atoms with Crippen molar-refractivity contribution in [2.24, 2.45) is 5.73 Å². The molecule has 0 bridgehead atoms. The molecule has 6 nitrogen and oxygen atoms in total. The molecule has 1 saturated heterocycles. The van der Waals surface area contributed by atoms with Crippen molar-refractivity contribution in [2.45, 2.75) is 6.10 Å². The van der Waals surface area contributed by atoms with Gasteiger partial charge in [-0.15, -0.1) is 18.2 Å². The third kappa shape index (κ3) is 40.9. The first kappa shape index (κ1) is 16.3. The van der Waals surface area contributed by atoms with Gasteiger partial charge in [-0.25, -0.2) is 0 Å². The molecular formula is C6H12ClNO5S-2. The molecule has 2 N–H and O–H groups in total. The van der Waals surface area contributed by atoms with Gasteiger partial charge in [0.15, 0.2) is 0 Å². The normalized spacial score (nSPS) is 18.1. The van der Waals surface area contributed by atoms with Crippen molar-refractivity contribution in [3.05, 3.63) is 12.7 Å². The lowest BCUT2D eigenvalue weighted by Crippen LogP contribution is -1.91. The number of hydrogen-bond donors (Lipinski definition) is 1. The summed E-state index contributed by atoms with van der Waals surface area (Å²) in [7, 11) is -5.17. The molecule has 1 aliphatic rings. The largest absolute Gasteiger partial charge is 0.759 e. The number of alkyl halides is 1. The summed E-state index contributed by atoms with van der Waals surface area (Å²) in [4.78, 5) is 0. The van der Waals surface area contributed by atoms with E-state index in [1.54, 1.807) is 6.08 Å². The molecule has 86 valence electrons. The van der Waals surface area contributed by atoms with Gasteiger partial charge in [0.1, 0.15) is 0 Å². The third-order valence-corrected chi connectivity index (χ3v) is 1.09. The monoisotopic (exact) mass is 245 g/mol. The minimum absolute atomic E-state index is 0.400. The molecule has 14 heavy (non-hydrogen) atoms. The Morgan fingerprint density at radius 3 is 1.93 bits per heavy atom. The zero-order valence-electron chi connectivity index (χ0n) is 7.39. The second-order valence-corrected chi connectivity index (χ2v) is 3.17. The first-order chi connectivity index (χ1) is 6.35. The molecule has 1 atom stereocenters. The van der Waals surface area contributed by atoms with E-state index in [9.17, 15) is 0 Å². The predicted molar refractivity (Wildman–Crippen MR) is 50.2 cm³/mol. The first-order valence-electron chi connectivity index (χ1n) is 3.50. The van der Waals surface area contributed by atoms with Crippen LogP contribution in [0.1, 0.15) is 0 Å². The average Bonchev–Trinajstić information content (AvgIpc) is 2.84. The number of ether oxygens (including phenoxy) is 1. The molecular weight excluding hydrogens is 234 g/mol. The Balaban J connectivity index is 0. The zero-order valence-corrected chi connectivity index (χ0v) is 8.96. The summed E-state index contributed by atoms with van der Waals surface area (Å²) in [5.74, 6) is 0.667. The molecule has 1 fully saturated rings. The van der Waals surface area contributed by atoms with E-state index in [2.05, 4.69) is 6.58 Å². The lowest BCUT2D eigenvalue weighted by atomic mass is 10.6. The molecule has 0 spiro atoms. The maximum Gasteiger partial charge on any atom is 0.0944 e. The highest BCUT2D eigenvalue weighted by Gasteiger charge is 2.19. The molecule has 1 rings (SSSR count). The summed E-state index contributed by atoms with van der Waals surface area (Å²) in [5.41, 5.74) is 4.91. The third-order valence-electron chi connectivity index (χ3n) is 0.741. The van der Waals surface area contributed by atoms with Crippen molar-refractivity contribution in [3.63, 3.8) is 0 Å². The zero-order chi connectivity index (χ0) is 11.6. The van der Waals surface area contributed by atoms with Crippen molar-refractivity contribution in [1.29, 1.82) is 0 Å². The van der Waals surface area contributed by atoms with Crippen LogP contribution in [0.5, 0.6) is 0 Å². The van der Waals surface area contributed by atoms with Crippen molar-refractivity contribution in [2.75, 3.05) is 19.0 Å². The van der Waals surface area contributed by atoms with E-state index in [4.69, 9.17) is 39.6 Å². The molecule has 0 aromatic carbocycles. The minimum Gasteiger partial charge on any atom is -0.759 e. The SMILES string of the molecule is C=CCN.ClCC1CO1.O=S(=O)([O-])[O-]. The van der Waals surface area contributed by atoms with E-state index < -0.39 is 10.4 Å². The molecule has 0 aromatic rings. The maximum atomic E-state index is 8.52. The Morgan fingerprint density at radius 1 is 1.64 bits per heavy atom. The van der Waals surface area contributed by atoms with Gasteiger partial charge in [-0.1, -0.05) is 6.08 Å². The molecule has 0 amide bonds. The molecule has 1 heterocycles. The van der Waals surface area contributed by atoms with Gasteiger partial charge in [-0.2, -0.15) is 0 Å². The van der Waals surface area contributed by atoms with E-state index in [0.717, 1.165) is 6.61 Å². The molecule has 0 aromatic heterocycles. The number of nitrogens with two attached hydrogens (primary N) is 1. The summed E-state index contributed by atoms with van der Waals surface area (Å²) in [6.45, 7) is 4.82. The van der Waals surface area contributed by atoms with E-state index in [1.165, 1.54) is 0 Å². The summed E-state index contributed by atoms with van der Waals surface area (Å²) in [6, 6.07) is 0. The molecule has 1 unspecified atom stereocenters. The summed E-state index contributed by atoms with van der Waals surface area (Å²) in [6.07, 6.45) is 2.05. The summed E-state index contributed by atoms with van der Waals surface area (Å²) >= 11 is 5.27. The van der Waals surface area contributed by atoms with E-state index in [0.29, 0.717) is 18.5 Å². The standard InChI is InChI=1S/C3H5ClO.C3H7N.H2O4S/c4-1-3-2-5-3;1-2-3-4;1-5(2,3)4/h3H,1-2H2;2H,1,3-4H2;(H2,1,2,3,4)/p-2. The molecule has 0 aliphatic carbocycles. The highest BCUT2D eigenvalue weighted by molar-refractivity contribution is 7.79. The van der Waals surface area contributed by atoms with Crippen LogP contribution in [0.4, 0.5) is 0 Å². The Kier molecular flexibility index (Phi) is 10.9. The van der Waals surface area contributed by atoms with Crippen LogP contribution < -0.4 is 5.73 Å². The van der Waals surface area contributed by atoms with Gasteiger partial charge in [0.25, 0.3) is 0 Å². The second-order valence-electron chi connectivity index (χ2n) is 2.04. The molecule has 8 heteroatoms. The lowest BCUT2D eigenvalue weighted by molar-refractivity contribution is 0.352. The lowest BCUT2D eigenvalue weighted by Gasteiger charge is -2.06. The Hall–Kier alpha value is -0.180. The quantitative estimate of drug-likeness (QED) is 0.228. The van der Waals surface area contributed by atoms with Gasteiger partial charge < -0.3 is 19.6 Å². The van der Waals surface area contributed by atoms with Gasteiger partial charge in [-0.3, -0.25) is 8.42 Å². The highest BCUT2D eigenvalue weighted by atomic mass is 35.5. The predicted octanol–water partition coefficient (Wildman–Crippen LogP) is -0.583. The smallest absolute Gasteiger partial charge is 0.0944 e. The van der Waals surface area contributed by atoms with Crippen LogP contribution in [0.15, 0.2) is 12.7 Å². The molecule has 0 radical (unpaired) electrons. The van der Waals surface area contributed by atoms with Crippen LogP contribution >= 0.6 is 11.6 Å². The Morgan fingerprint density at radius 2 is 1.93 bits per heavy atom. The number of epoxide rings is 1. The van der Waals surface area contributed by atoms with Crippen LogP contribution in [0.2, 0.25) is 0 Å². The van der Waals surface area contributed by atoms with Gasteiger partial charge >= 0.3 is 0 Å². The Labute approximate surface area is 88.3 Å². The number of rotatable bonds is 2. The van der Waals surface area contributed by atoms with Gasteiger partial charge in [0.05, 0.1) is 18.6 Å². The Bertz CT molecular complexity index is 218.